The van der Waals surface area contributed by atoms with E-state index in [0.29, 0.717) is 6.54 Å². The number of likely N-dealkylation sites (tertiary alicyclic amines) is 1. The third kappa shape index (κ3) is 2.88. The smallest absolute Gasteiger partial charge is 0.306 e. The SMILES string of the molecule is COC(=O)CC1CCN(Cc2ccccc2)C1=O. The van der Waals surface area contributed by atoms with Gasteiger partial charge in [0.2, 0.25) is 5.91 Å². The maximum Gasteiger partial charge on any atom is 0.306 e. The van der Waals surface area contributed by atoms with Crippen LogP contribution in [0.1, 0.15) is 18.4 Å². The average molecular weight is 247 g/mol. The lowest BCUT2D eigenvalue weighted by Crippen LogP contribution is -2.27. The van der Waals surface area contributed by atoms with Crippen LogP contribution in [-0.2, 0) is 20.9 Å². The summed E-state index contributed by atoms with van der Waals surface area (Å²) in [5.41, 5.74) is 1.12. The van der Waals surface area contributed by atoms with Crippen molar-refractivity contribution in [1.29, 1.82) is 0 Å². The second kappa shape index (κ2) is 5.67. The van der Waals surface area contributed by atoms with E-state index in [-0.39, 0.29) is 24.2 Å². The molecule has 0 N–H and O–H groups in total. The molecule has 1 fully saturated rings. The highest BCUT2D eigenvalue weighted by atomic mass is 16.5. The molecule has 2 rings (SSSR count). The minimum Gasteiger partial charge on any atom is -0.469 e. The highest BCUT2D eigenvalue weighted by molar-refractivity contribution is 5.85. The van der Waals surface area contributed by atoms with Crippen LogP contribution in [0, 0.1) is 5.92 Å². The second-order valence-electron chi connectivity index (χ2n) is 4.51. The van der Waals surface area contributed by atoms with E-state index in [4.69, 9.17) is 0 Å². The maximum atomic E-state index is 12.1. The van der Waals surface area contributed by atoms with Gasteiger partial charge in [-0.05, 0) is 12.0 Å². The third-order valence-electron chi connectivity index (χ3n) is 3.27. The van der Waals surface area contributed by atoms with E-state index >= 15 is 0 Å². The first-order valence-corrected chi connectivity index (χ1v) is 6.10. The second-order valence-corrected chi connectivity index (χ2v) is 4.51. The van der Waals surface area contributed by atoms with E-state index in [1.807, 2.05) is 35.2 Å². The lowest BCUT2D eigenvalue weighted by Gasteiger charge is -2.16. The standard InChI is InChI=1S/C14H17NO3/c1-18-13(16)9-12-7-8-15(14(12)17)10-11-5-3-2-4-6-11/h2-6,12H,7-10H2,1H3. The summed E-state index contributed by atoms with van der Waals surface area (Å²) in [6.45, 7) is 1.34. The van der Waals surface area contributed by atoms with Crippen LogP contribution >= 0.6 is 0 Å². The van der Waals surface area contributed by atoms with E-state index in [2.05, 4.69) is 4.74 Å². The summed E-state index contributed by atoms with van der Waals surface area (Å²) < 4.78 is 4.60. The van der Waals surface area contributed by atoms with Crippen LogP contribution in [0.4, 0.5) is 0 Å². The Morgan fingerprint density at radius 2 is 2.11 bits per heavy atom. The normalized spacial score (nSPS) is 19.1. The number of ether oxygens (including phenoxy) is 1. The Hall–Kier alpha value is -1.84. The van der Waals surface area contributed by atoms with Crippen LogP contribution in [0.3, 0.4) is 0 Å². The lowest BCUT2D eigenvalue weighted by molar-refractivity contribution is -0.144. The number of esters is 1. The molecule has 1 aliphatic heterocycles. The van der Waals surface area contributed by atoms with Gasteiger partial charge in [0, 0.05) is 13.1 Å². The zero-order valence-corrected chi connectivity index (χ0v) is 10.5. The number of nitrogens with zero attached hydrogens (tertiary/aromatic N) is 1. The largest absolute Gasteiger partial charge is 0.469 e. The van der Waals surface area contributed by atoms with E-state index in [0.717, 1.165) is 18.5 Å². The number of rotatable bonds is 4. The zero-order valence-electron chi connectivity index (χ0n) is 10.5. The molecule has 0 bridgehead atoms. The topological polar surface area (TPSA) is 46.6 Å². The molecular formula is C14H17NO3. The van der Waals surface area contributed by atoms with Gasteiger partial charge >= 0.3 is 5.97 Å². The molecule has 0 aliphatic carbocycles. The van der Waals surface area contributed by atoms with E-state index in [9.17, 15) is 9.59 Å². The number of methoxy groups -OCH3 is 1. The van der Waals surface area contributed by atoms with Crippen molar-refractivity contribution in [3.05, 3.63) is 35.9 Å². The Bertz CT molecular complexity index is 430. The maximum absolute atomic E-state index is 12.1. The fraction of sp³-hybridized carbons (Fsp3) is 0.429. The van der Waals surface area contributed by atoms with E-state index in [1.54, 1.807) is 0 Å². The fourth-order valence-electron chi connectivity index (χ4n) is 2.24. The quantitative estimate of drug-likeness (QED) is 0.759. The van der Waals surface area contributed by atoms with Crippen molar-refractivity contribution in [2.75, 3.05) is 13.7 Å². The summed E-state index contributed by atoms with van der Waals surface area (Å²) in [5, 5.41) is 0. The minimum absolute atomic E-state index is 0.0595. The number of amides is 1. The van der Waals surface area contributed by atoms with Crippen LogP contribution in [0.2, 0.25) is 0 Å². The molecule has 1 atom stereocenters. The van der Waals surface area contributed by atoms with Crippen LogP contribution in [0.15, 0.2) is 30.3 Å². The molecular weight excluding hydrogens is 230 g/mol. The van der Waals surface area contributed by atoms with Crippen molar-refractivity contribution in [3.8, 4) is 0 Å². The summed E-state index contributed by atoms with van der Waals surface area (Å²) in [5.74, 6) is -0.458. The van der Waals surface area contributed by atoms with Gasteiger partial charge in [-0.3, -0.25) is 9.59 Å². The van der Waals surface area contributed by atoms with Gasteiger partial charge in [-0.1, -0.05) is 30.3 Å². The Labute approximate surface area is 107 Å². The molecule has 0 saturated carbocycles. The number of hydrogen-bond donors (Lipinski definition) is 0. The van der Waals surface area contributed by atoms with Gasteiger partial charge in [0.15, 0.2) is 0 Å². The molecule has 4 nitrogen and oxygen atoms in total. The summed E-state index contributed by atoms with van der Waals surface area (Å²) in [4.78, 5) is 25.1. The molecule has 0 spiro atoms. The summed E-state index contributed by atoms with van der Waals surface area (Å²) in [6.07, 6.45) is 0.932. The number of benzene rings is 1. The van der Waals surface area contributed by atoms with Crippen LogP contribution in [0.25, 0.3) is 0 Å². The van der Waals surface area contributed by atoms with E-state index < -0.39 is 0 Å². The lowest BCUT2D eigenvalue weighted by atomic mass is 10.0. The molecule has 4 heteroatoms. The fourth-order valence-corrected chi connectivity index (χ4v) is 2.24. The van der Waals surface area contributed by atoms with Crippen molar-refractivity contribution < 1.29 is 14.3 Å². The Morgan fingerprint density at radius 1 is 1.39 bits per heavy atom. The molecule has 1 aliphatic rings. The molecule has 1 aromatic carbocycles. The molecule has 18 heavy (non-hydrogen) atoms. The highest BCUT2D eigenvalue weighted by Gasteiger charge is 2.33. The molecule has 0 radical (unpaired) electrons. The first-order valence-electron chi connectivity index (χ1n) is 6.10. The molecule has 96 valence electrons. The average Bonchev–Trinajstić information content (AvgIpc) is 2.73. The van der Waals surface area contributed by atoms with Gasteiger partial charge in [0.1, 0.15) is 0 Å². The van der Waals surface area contributed by atoms with Crippen molar-refractivity contribution in [2.24, 2.45) is 5.92 Å². The van der Waals surface area contributed by atoms with Crippen molar-refractivity contribution in [3.63, 3.8) is 0 Å². The summed E-state index contributed by atoms with van der Waals surface area (Å²) in [7, 11) is 1.35. The minimum atomic E-state index is -0.310. The molecule has 0 aromatic heterocycles. The number of hydrogen-bond acceptors (Lipinski definition) is 3. The summed E-state index contributed by atoms with van der Waals surface area (Å²) in [6, 6.07) is 9.88. The first kappa shape index (κ1) is 12.6. The third-order valence-corrected chi connectivity index (χ3v) is 3.27. The van der Waals surface area contributed by atoms with E-state index in [1.165, 1.54) is 7.11 Å². The van der Waals surface area contributed by atoms with Gasteiger partial charge < -0.3 is 9.64 Å². The Kier molecular flexibility index (Phi) is 3.97. The zero-order chi connectivity index (χ0) is 13.0. The molecule has 1 aromatic rings. The van der Waals surface area contributed by atoms with Gasteiger partial charge in [0.25, 0.3) is 0 Å². The van der Waals surface area contributed by atoms with Gasteiger partial charge in [0.05, 0.1) is 19.4 Å². The molecule has 1 heterocycles. The van der Waals surface area contributed by atoms with Crippen LogP contribution in [0.5, 0.6) is 0 Å². The van der Waals surface area contributed by atoms with Gasteiger partial charge in [-0.2, -0.15) is 0 Å². The van der Waals surface area contributed by atoms with Crippen LogP contribution < -0.4 is 0 Å². The Morgan fingerprint density at radius 3 is 2.78 bits per heavy atom. The molecule has 1 saturated heterocycles. The first-order chi connectivity index (χ1) is 8.70. The highest BCUT2D eigenvalue weighted by Crippen LogP contribution is 2.23. The predicted molar refractivity (Wildman–Crippen MR) is 66.6 cm³/mol. The number of carbonyl (C=O) groups is 2. The van der Waals surface area contributed by atoms with Gasteiger partial charge in [-0.15, -0.1) is 0 Å². The molecule has 1 unspecified atom stereocenters. The predicted octanol–water partition coefficient (Wildman–Crippen LogP) is 1.60. The summed E-state index contributed by atoms with van der Waals surface area (Å²) >= 11 is 0. The van der Waals surface area contributed by atoms with Crippen LogP contribution in [-0.4, -0.2) is 30.4 Å². The number of carbonyl (C=O) groups excluding carboxylic acids is 2. The monoisotopic (exact) mass is 247 g/mol. The van der Waals surface area contributed by atoms with Crippen molar-refractivity contribution in [2.45, 2.75) is 19.4 Å². The molecule has 1 amide bonds. The Balaban J connectivity index is 1.93. The van der Waals surface area contributed by atoms with Crippen molar-refractivity contribution >= 4 is 11.9 Å². The van der Waals surface area contributed by atoms with Crippen molar-refractivity contribution in [1.82, 2.24) is 4.90 Å². The van der Waals surface area contributed by atoms with Gasteiger partial charge in [-0.25, -0.2) is 0 Å².